The van der Waals surface area contributed by atoms with E-state index >= 15 is 0 Å². The summed E-state index contributed by atoms with van der Waals surface area (Å²) in [4.78, 5) is 0. The Labute approximate surface area is 128 Å². The van der Waals surface area contributed by atoms with Crippen LogP contribution >= 0.6 is 0 Å². The summed E-state index contributed by atoms with van der Waals surface area (Å²) in [5, 5.41) is 33.6. The van der Waals surface area contributed by atoms with Gasteiger partial charge in [0, 0.05) is 24.3 Å². The van der Waals surface area contributed by atoms with Gasteiger partial charge in [0.15, 0.2) is 11.5 Å². The molecule has 1 aromatic rings. The molecule has 5 heteroatoms. The Kier molecular flexibility index (Phi) is 2.16. The van der Waals surface area contributed by atoms with Crippen molar-refractivity contribution in [2.24, 2.45) is 5.92 Å². The van der Waals surface area contributed by atoms with Crippen molar-refractivity contribution in [3.8, 4) is 11.5 Å². The van der Waals surface area contributed by atoms with Crippen molar-refractivity contribution in [3.05, 3.63) is 40.6 Å². The number of phenols is 1. The summed E-state index contributed by atoms with van der Waals surface area (Å²) in [5.41, 5.74) is 1.78. The largest absolute Gasteiger partial charge is 0.633 e. The Bertz CT molecular complexity index is 713. The fourth-order valence-corrected chi connectivity index (χ4v) is 5.39. The van der Waals surface area contributed by atoms with E-state index in [9.17, 15) is 15.4 Å². The SMILES string of the molecule is C[N@+]1([O-])CC[C@]23c4c5ccc(O)c4O[C@H]2[C@@H](O)C=C[C@H]3[C@H]1C5. The first-order valence-corrected chi connectivity index (χ1v) is 7.90. The molecule has 0 amide bonds. The molecular weight excluding hydrogens is 282 g/mol. The zero-order chi connectivity index (χ0) is 15.3. The van der Waals surface area contributed by atoms with E-state index in [2.05, 4.69) is 0 Å². The van der Waals surface area contributed by atoms with Gasteiger partial charge in [-0.25, -0.2) is 0 Å². The van der Waals surface area contributed by atoms with E-state index in [-0.39, 0.29) is 27.8 Å². The third-order valence-electron chi connectivity index (χ3n) is 6.38. The molecular formula is C17H19NO4. The van der Waals surface area contributed by atoms with Gasteiger partial charge in [0.2, 0.25) is 0 Å². The molecule has 5 nitrogen and oxygen atoms in total. The van der Waals surface area contributed by atoms with Crippen LogP contribution in [0.4, 0.5) is 0 Å². The monoisotopic (exact) mass is 301 g/mol. The van der Waals surface area contributed by atoms with E-state index < -0.39 is 12.2 Å². The van der Waals surface area contributed by atoms with E-state index in [4.69, 9.17) is 4.74 Å². The van der Waals surface area contributed by atoms with Gasteiger partial charge in [-0.3, -0.25) is 0 Å². The summed E-state index contributed by atoms with van der Waals surface area (Å²) in [6, 6.07) is 3.51. The third kappa shape index (κ3) is 1.23. The van der Waals surface area contributed by atoms with E-state index in [0.29, 0.717) is 25.1 Å². The first-order chi connectivity index (χ1) is 10.4. The van der Waals surface area contributed by atoms with Crippen LogP contribution in [0.5, 0.6) is 11.5 Å². The van der Waals surface area contributed by atoms with Crippen LogP contribution in [-0.2, 0) is 11.8 Å². The lowest BCUT2D eigenvalue weighted by Crippen LogP contribution is -2.69. The minimum atomic E-state index is -0.696. The molecule has 1 aromatic carbocycles. The Morgan fingerprint density at radius 3 is 3.00 bits per heavy atom. The Balaban J connectivity index is 1.84. The zero-order valence-corrected chi connectivity index (χ0v) is 12.4. The summed E-state index contributed by atoms with van der Waals surface area (Å²) in [6.07, 6.45) is 4.07. The van der Waals surface area contributed by atoms with E-state index in [0.717, 1.165) is 11.1 Å². The summed E-state index contributed by atoms with van der Waals surface area (Å²) < 4.78 is 5.79. The van der Waals surface area contributed by atoms with E-state index in [1.165, 1.54) is 0 Å². The second kappa shape index (κ2) is 3.67. The number of rotatable bonds is 0. The first kappa shape index (κ1) is 12.9. The molecule has 2 N–H and O–H groups in total. The van der Waals surface area contributed by atoms with Crippen LogP contribution in [0.15, 0.2) is 24.3 Å². The molecule has 1 saturated heterocycles. The second-order valence-electron chi connectivity index (χ2n) is 7.35. The smallest absolute Gasteiger partial charge is 0.165 e. The summed E-state index contributed by atoms with van der Waals surface area (Å²) in [5.74, 6) is 0.722. The van der Waals surface area contributed by atoms with Crippen LogP contribution in [0.25, 0.3) is 0 Å². The number of hydroxylamine groups is 3. The molecule has 0 radical (unpaired) electrons. The molecule has 2 bridgehead atoms. The van der Waals surface area contributed by atoms with Crippen LogP contribution in [0, 0.1) is 11.1 Å². The number of nitrogens with zero attached hydrogens (tertiary/aromatic N) is 1. The highest BCUT2D eigenvalue weighted by Crippen LogP contribution is 2.63. The number of phenolic OH excluding ortho intramolecular Hbond substituents is 1. The number of aliphatic hydroxyl groups excluding tert-OH is 1. The van der Waals surface area contributed by atoms with Crippen LogP contribution in [0.1, 0.15) is 17.5 Å². The van der Waals surface area contributed by atoms with Crippen molar-refractivity contribution in [3.63, 3.8) is 0 Å². The quantitative estimate of drug-likeness (QED) is 0.429. The van der Waals surface area contributed by atoms with Crippen molar-refractivity contribution in [1.29, 1.82) is 0 Å². The molecule has 6 atom stereocenters. The lowest BCUT2D eigenvalue weighted by Gasteiger charge is -2.61. The third-order valence-corrected chi connectivity index (χ3v) is 6.38. The van der Waals surface area contributed by atoms with Crippen molar-refractivity contribution in [1.82, 2.24) is 0 Å². The summed E-state index contributed by atoms with van der Waals surface area (Å²) in [6.45, 7) is 0.524. The number of likely N-dealkylation sites (tertiary alicyclic amines) is 1. The number of ether oxygens (including phenoxy) is 1. The molecule has 22 heavy (non-hydrogen) atoms. The van der Waals surface area contributed by atoms with E-state index in [1.54, 1.807) is 19.2 Å². The van der Waals surface area contributed by atoms with Gasteiger partial charge in [-0.05, 0) is 11.6 Å². The molecule has 0 saturated carbocycles. The Morgan fingerprint density at radius 2 is 2.18 bits per heavy atom. The molecule has 1 fully saturated rings. The number of likely N-dealkylation sites (N-methyl/N-ethyl adjacent to an activating group) is 1. The maximum absolute atomic E-state index is 12.9. The van der Waals surface area contributed by atoms with Gasteiger partial charge in [-0.2, -0.15) is 0 Å². The van der Waals surface area contributed by atoms with Gasteiger partial charge >= 0.3 is 0 Å². The van der Waals surface area contributed by atoms with Crippen molar-refractivity contribution >= 4 is 0 Å². The lowest BCUT2D eigenvalue weighted by molar-refractivity contribution is -0.898. The van der Waals surface area contributed by atoms with Crippen molar-refractivity contribution in [2.75, 3.05) is 13.6 Å². The average Bonchev–Trinajstić information content (AvgIpc) is 2.84. The normalized spacial score (nSPS) is 47.0. The number of aromatic hydroxyl groups is 1. The summed E-state index contributed by atoms with van der Waals surface area (Å²) in [7, 11) is 1.76. The Hall–Kier alpha value is -1.56. The minimum Gasteiger partial charge on any atom is -0.633 e. The van der Waals surface area contributed by atoms with Gasteiger partial charge in [-0.15, -0.1) is 0 Å². The van der Waals surface area contributed by atoms with Crippen molar-refractivity contribution in [2.45, 2.75) is 36.5 Å². The number of hydrogen-bond acceptors (Lipinski definition) is 4. The summed E-state index contributed by atoms with van der Waals surface area (Å²) >= 11 is 0. The van der Waals surface area contributed by atoms with Gasteiger partial charge < -0.3 is 24.8 Å². The predicted octanol–water partition coefficient (Wildman–Crippen LogP) is 1.21. The van der Waals surface area contributed by atoms with Gasteiger partial charge in [-0.1, -0.05) is 18.2 Å². The molecule has 116 valence electrons. The molecule has 2 heterocycles. The fourth-order valence-electron chi connectivity index (χ4n) is 5.39. The highest BCUT2D eigenvalue weighted by Gasteiger charge is 2.66. The molecule has 1 spiro atoms. The van der Waals surface area contributed by atoms with Crippen LogP contribution < -0.4 is 4.74 Å². The van der Waals surface area contributed by atoms with E-state index in [1.807, 2.05) is 12.1 Å². The minimum absolute atomic E-state index is 0.0495. The molecule has 0 aromatic heterocycles. The molecule has 2 aliphatic carbocycles. The molecule has 2 aliphatic heterocycles. The van der Waals surface area contributed by atoms with Gasteiger partial charge in [0.05, 0.1) is 25.0 Å². The maximum atomic E-state index is 12.9. The molecule has 5 rings (SSSR count). The van der Waals surface area contributed by atoms with Gasteiger partial charge in [0.1, 0.15) is 12.2 Å². The van der Waals surface area contributed by atoms with Crippen LogP contribution in [-0.4, -0.2) is 46.7 Å². The fraction of sp³-hybridized carbons (Fsp3) is 0.529. The van der Waals surface area contributed by atoms with Crippen LogP contribution in [0.2, 0.25) is 0 Å². The zero-order valence-electron chi connectivity index (χ0n) is 12.4. The predicted molar refractivity (Wildman–Crippen MR) is 79.4 cm³/mol. The number of piperidine rings is 1. The maximum Gasteiger partial charge on any atom is 0.165 e. The number of hydrogen-bond donors (Lipinski definition) is 2. The highest BCUT2D eigenvalue weighted by molar-refractivity contribution is 5.61. The topological polar surface area (TPSA) is 72.8 Å². The van der Waals surface area contributed by atoms with Crippen LogP contribution in [0.3, 0.4) is 0 Å². The second-order valence-corrected chi connectivity index (χ2v) is 7.35. The molecule has 4 aliphatic rings. The van der Waals surface area contributed by atoms with Crippen molar-refractivity contribution < 1.29 is 19.6 Å². The number of quaternary nitrogens is 1. The Morgan fingerprint density at radius 1 is 1.36 bits per heavy atom. The van der Waals surface area contributed by atoms with Gasteiger partial charge in [0.25, 0.3) is 0 Å². The number of benzene rings is 1. The standard InChI is InChI=1S/C17H19NO4/c1-18(21)7-6-17-10-3-5-13(20)16(17)22-15-12(19)4-2-9(14(15)17)8-11(10)18/h2-5,10-11,13,16,19-20H,6-8H2,1H3/t10-,11+,13-,16-,17-,18-/m0/s1. The lowest BCUT2D eigenvalue weighted by atomic mass is 9.53. The number of aliphatic hydroxyl groups is 1. The molecule has 0 unspecified atom stereocenters. The first-order valence-electron chi connectivity index (χ1n) is 7.90. The average molecular weight is 301 g/mol. The highest BCUT2D eigenvalue weighted by atomic mass is 16.5.